The average Bonchev–Trinajstić information content (AvgIpc) is 2.39. The SMILES string of the molecule is CC(Oc1cc(Cl)ccc1C(N)=S)c1ccccc1. The first kappa shape index (κ1) is 13.8. The molecule has 0 saturated carbocycles. The van der Waals surface area contributed by atoms with Crippen molar-refractivity contribution in [1.82, 2.24) is 0 Å². The monoisotopic (exact) mass is 291 g/mol. The lowest BCUT2D eigenvalue weighted by molar-refractivity contribution is 0.226. The molecular formula is C15H14ClNOS. The molecule has 4 heteroatoms. The lowest BCUT2D eigenvalue weighted by Crippen LogP contribution is -2.13. The minimum atomic E-state index is -0.104. The van der Waals surface area contributed by atoms with Gasteiger partial charge in [-0.2, -0.15) is 0 Å². The van der Waals surface area contributed by atoms with Gasteiger partial charge in [0.05, 0.1) is 5.56 Å². The van der Waals surface area contributed by atoms with Crippen LogP contribution in [-0.2, 0) is 0 Å². The van der Waals surface area contributed by atoms with E-state index in [2.05, 4.69) is 0 Å². The molecule has 2 N–H and O–H groups in total. The van der Waals surface area contributed by atoms with E-state index in [-0.39, 0.29) is 6.10 Å². The number of thiocarbonyl (C=S) groups is 1. The van der Waals surface area contributed by atoms with Gasteiger partial charge in [-0.15, -0.1) is 0 Å². The van der Waals surface area contributed by atoms with Crippen LogP contribution in [0.15, 0.2) is 48.5 Å². The van der Waals surface area contributed by atoms with Crippen LogP contribution < -0.4 is 10.5 Å². The summed E-state index contributed by atoms with van der Waals surface area (Å²) in [4.78, 5) is 0.298. The molecule has 0 aliphatic carbocycles. The summed E-state index contributed by atoms with van der Waals surface area (Å²) in [6, 6.07) is 15.2. The van der Waals surface area contributed by atoms with Gasteiger partial charge >= 0.3 is 0 Å². The molecule has 19 heavy (non-hydrogen) atoms. The van der Waals surface area contributed by atoms with E-state index in [9.17, 15) is 0 Å². The number of hydrogen-bond acceptors (Lipinski definition) is 2. The van der Waals surface area contributed by atoms with Crippen LogP contribution in [0.1, 0.15) is 24.2 Å². The highest BCUT2D eigenvalue weighted by Crippen LogP contribution is 2.28. The van der Waals surface area contributed by atoms with E-state index in [0.29, 0.717) is 21.3 Å². The van der Waals surface area contributed by atoms with Crippen molar-refractivity contribution in [3.8, 4) is 5.75 Å². The molecular weight excluding hydrogens is 278 g/mol. The zero-order valence-electron chi connectivity index (χ0n) is 10.5. The molecule has 1 unspecified atom stereocenters. The van der Waals surface area contributed by atoms with Crippen LogP contribution >= 0.6 is 23.8 Å². The largest absolute Gasteiger partial charge is 0.485 e. The molecule has 0 aromatic heterocycles. The predicted octanol–water partition coefficient (Wildman–Crippen LogP) is 4.11. The fourth-order valence-electron chi connectivity index (χ4n) is 1.78. The van der Waals surface area contributed by atoms with Crippen LogP contribution in [0.4, 0.5) is 0 Å². The smallest absolute Gasteiger partial charge is 0.131 e. The average molecular weight is 292 g/mol. The topological polar surface area (TPSA) is 35.2 Å². The van der Waals surface area contributed by atoms with E-state index in [4.69, 9.17) is 34.3 Å². The molecule has 0 radical (unpaired) electrons. The van der Waals surface area contributed by atoms with E-state index >= 15 is 0 Å². The summed E-state index contributed by atoms with van der Waals surface area (Å²) in [5.41, 5.74) is 7.46. The molecule has 98 valence electrons. The van der Waals surface area contributed by atoms with Gasteiger partial charge in [0, 0.05) is 5.02 Å². The Morgan fingerprint density at radius 1 is 1.21 bits per heavy atom. The number of nitrogens with two attached hydrogens (primary N) is 1. The quantitative estimate of drug-likeness (QED) is 0.861. The Morgan fingerprint density at radius 2 is 1.89 bits per heavy atom. The first-order valence-corrected chi connectivity index (χ1v) is 6.67. The third kappa shape index (κ3) is 3.46. The molecule has 0 aliphatic rings. The maximum atomic E-state index is 5.99. The number of hydrogen-bond donors (Lipinski definition) is 1. The van der Waals surface area contributed by atoms with Crippen molar-refractivity contribution in [3.05, 3.63) is 64.7 Å². The molecule has 0 aliphatic heterocycles. The molecule has 0 amide bonds. The first-order valence-electron chi connectivity index (χ1n) is 5.89. The highest BCUT2D eigenvalue weighted by Gasteiger charge is 2.12. The molecule has 0 spiro atoms. The third-order valence-electron chi connectivity index (χ3n) is 2.78. The van der Waals surface area contributed by atoms with Crippen molar-refractivity contribution in [1.29, 1.82) is 0 Å². The van der Waals surface area contributed by atoms with Gasteiger partial charge in [0.15, 0.2) is 0 Å². The van der Waals surface area contributed by atoms with Gasteiger partial charge in [-0.05, 0) is 30.7 Å². The molecule has 0 saturated heterocycles. The van der Waals surface area contributed by atoms with Gasteiger partial charge in [0.2, 0.25) is 0 Å². The number of rotatable bonds is 4. The normalized spacial score (nSPS) is 11.9. The third-order valence-corrected chi connectivity index (χ3v) is 3.24. The highest BCUT2D eigenvalue weighted by atomic mass is 35.5. The zero-order valence-corrected chi connectivity index (χ0v) is 12.0. The Morgan fingerprint density at radius 3 is 2.53 bits per heavy atom. The molecule has 2 rings (SSSR count). The lowest BCUT2D eigenvalue weighted by Gasteiger charge is -2.17. The fourth-order valence-corrected chi connectivity index (χ4v) is 2.11. The van der Waals surface area contributed by atoms with E-state index in [1.807, 2.05) is 37.3 Å². The maximum Gasteiger partial charge on any atom is 0.131 e. The zero-order chi connectivity index (χ0) is 13.8. The molecule has 2 aromatic carbocycles. The second kappa shape index (κ2) is 6.04. The van der Waals surface area contributed by atoms with Gasteiger partial charge in [-0.3, -0.25) is 0 Å². The molecule has 0 heterocycles. The Bertz CT molecular complexity index is 586. The molecule has 0 fully saturated rings. The van der Waals surface area contributed by atoms with E-state index < -0.39 is 0 Å². The van der Waals surface area contributed by atoms with Gasteiger partial charge in [0.25, 0.3) is 0 Å². The number of halogens is 1. The fraction of sp³-hybridized carbons (Fsp3) is 0.133. The Labute approximate surface area is 123 Å². The number of ether oxygens (including phenoxy) is 1. The summed E-state index contributed by atoms with van der Waals surface area (Å²) >= 11 is 11.0. The highest BCUT2D eigenvalue weighted by molar-refractivity contribution is 7.80. The minimum Gasteiger partial charge on any atom is -0.485 e. The molecule has 1 atom stereocenters. The van der Waals surface area contributed by atoms with E-state index in [1.54, 1.807) is 18.2 Å². The van der Waals surface area contributed by atoms with Crippen LogP contribution in [0, 0.1) is 0 Å². The lowest BCUT2D eigenvalue weighted by atomic mass is 10.1. The van der Waals surface area contributed by atoms with Crippen molar-refractivity contribution in [2.45, 2.75) is 13.0 Å². The van der Waals surface area contributed by atoms with Crippen LogP contribution in [0.5, 0.6) is 5.75 Å². The van der Waals surface area contributed by atoms with Gasteiger partial charge in [0.1, 0.15) is 16.8 Å². The van der Waals surface area contributed by atoms with Crippen LogP contribution in [0.3, 0.4) is 0 Å². The standard InChI is InChI=1S/C15H14ClNOS/c1-10(11-5-3-2-4-6-11)18-14-9-12(16)7-8-13(14)15(17)19/h2-10H,1H3,(H2,17,19). The van der Waals surface area contributed by atoms with Crippen molar-refractivity contribution in [3.63, 3.8) is 0 Å². The van der Waals surface area contributed by atoms with Crippen molar-refractivity contribution in [2.24, 2.45) is 5.73 Å². The Hall–Kier alpha value is -1.58. The summed E-state index contributed by atoms with van der Waals surface area (Å²) in [6.45, 7) is 1.97. The minimum absolute atomic E-state index is 0.104. The second-order valence-corrected chi connectivity index (χ2v) is 5.05. The summed E-state index contributed by atoms with van der Waals surface area (Å²) < 4.78 is 5.92. The van der Waals surface area contributed by atoms with Crippen LogP contribution in [-0.4, -0.2) is 4.99 Å². The maximum absolute atomic E-state index is 5.99. The number of benzene rings is 2. The second-order valence-electron chi connectivity index (χ2n) is 4.18. The molecule has 0 bridgehead atoms. The van der Waals surface area contributed by atoms with Gasteiger partial charge in [-0.1, -0.05) is 54.2 Å². The van der Waals surface area contributed by atoms with Gasteiger partial charge in [-0.25, -0.2) is 0 Å². The Balaban J connectivity index is 2.28. The first-order chi connectivity index (χ1) is 9.08. The summed E-state index contributed by atoms with van der Waals surface area (Å²) in [5.74, 6) is 0.608. The summed E-state index contributed by atoms with van der Waals surface area (Å²) in [5, 5.41) is 0.593. The van der Waals surface area contributed by atoms with Crippen LogP contribution in [0.25, 0.3) is 0 Å². The molecule has 2 aromatic rings. The summed E-state index contributed by atoms with van der Waals surface area (Å²) in [7, 11) is 0. The van der Waals surface area contributed by atoms with E-state index in [0.717, 1.165) is 5.56 Å². The van der Waals surface area contributed by atoms with Crippen molar-refractivity contribution in [2.75, 3.05) is 0 Å². The molecule has 2 nitrogen and oxygen atoms in total. The predicted molar refractivity (Wildman–Crippen MR) is 82.8 cm³/mol. The van der Waals surface area contributed by atoms with Crippen molar-refractivity contribution >= 4 is 28.8 Å². The van der Waals surface area contributed by atoms with Crippen LogP contribution in [0.2, 0.25) is 5.02 Å². The van der Waals surface area contributed by atoms with E-state index in [1.165, 1.54) is 0 Å². The van der Waals surface area contributed by atoms with Crippen molar-refractivity contribution < 1.29 is 4.74 Å². The summed E-state index contributed by atoms with van der Waals surface area (Å²) in [6.07, 6.45) is -0.104. The Kier molecular flexibility index (Phi) is 4.40. The van der Waals surface area contributed by atoms with Gasteiger partial charge < -0.3 is 10.5 Å².